The fourth-order valence-electron chi connectivity index (χ4n) is 3.31. The molecule has 2 heterocycles. The first-order valence-corrected chi connectivity index (χ1v) is 7.48. The van der Waals surface area contributed by atoms with Gasteiger partial charge in [-0.05, 0) is 26.2 Å². The van der Waals surface area contributed by atoms with Gasteiger partial charge in [0, 0.05) is 20.7 Å². The number of nitrogens with one attached hydrogen (secondary N) is 1. The van der Waals surface area contributed by atoms with Crippen LogP contribution in [0.15, 0.2) is 0 Å². The zero-order valence-electron chi connectivity index (χ0n) is 12.9. The monoisotopic (exact) mass is 293 g/mol. The van der Waals surface area contributed by atoms with Gasteiger partial charge >= 0.3 is 0 Å². The molecule has 1 aliphatic carbocycles. The number of amides is 1. The number of hydrogen-bond acceptors (Lipinski definition) is 5. The third kappa shape index (κ3) is 2.44. The Morgan fingerprint density at radius 3 is 2.81 bits per heavy atom. The van der Waals surface area contributed by atoms with Gasteiger partial charge < -0.3 is 14.6 Å². The quantitative estimate of drug-likeness (QED) is 0.851. The molecule has 3 rings (SSSR count). The number of aryl methyl sites for hydroxylation is 1. The zero-order valence-corrected chi connectivity index (χ0v) is 12.9. The molecule has 116 valence electrons. The molecule has 2 aliphatic rings. The predicted octanol–water partition coefficient (Wildman–Crippen LogP) is 0.0858. The fraction of sp³-hybridized carbons (Fsp3) is 0.786. The molecule has 1 aromatic rings. The lowest BCUT2D eigenvalue weighted by Gasteiger charge is -2.46. The minimum absolute atomic E-state index is 0.0410. The molecule has 1 atom stereocenters. The molecule has 1 unspecified atom stereocenters. The van der Waals surface area contributed by atoms with Crippen LogP contribution in [0.25, 0.3) is 0 Å². The van der Waals surface area contributed by atoms with Gasteiger partial charge in [-0.1, -0.05) is 0 Å². The third-order valence-electron chi connectivity index (χ3n) is 4.89. The molecule has 0 aromatic carbocycles. The van der Waals surface area contributed by atoms with Crippen molar-refractivity contribution in [2.75, 3.05) is 20.7 Å². The fourth-order valence-corrected chi connectivity index (χ4v) is 3.31. The molecule has 1 N–H and O–H groups in total. The second-order valence-corrected chi connectivity index (χ2v) is 6.05. The molecule has 0 bridgehead atoms. The maximum Gasteiger partial charge on any atom is 0.238 e. The van der Waals surface area contributed by atoms with E-state index in [0.29, 0.717) is 13.1 Å². The van der Waals surface area contributed by atoms with Gasteiger partial charge in [0.15, 0.2) is 0 Å². The SMILES string of the molecule is CNC(=O)C1Cn2c(C)nnc2CN1CC1(OC)CCC1. The highest BCUT2D eigenvalue weighted by atomic mass is 16.5. The van der Waals surface area contributed by atoms with Crippen LogP contribution in [0.1, 0.15) is 30.9 Å². The van der Waals surface area contributed by atoms with Gasteiger partial charge in [0.1, 0.15) is 17.7 Å². The Labute approximate surface area is 124 Å². The first kappa shape index (κ1) is 14.5. The van der Waals surface area contributed by atoms with Crippen LogP contribution in [-0.4, -0.2) is 57.9 Å². The van der Waals surface area contributed by atoms with Crippen LogP contribution < -0.4 is 5.32 Å². The number of fused-ring (bicyclic) bond motifs is 1. The number of rotatable bonds is 4. The summed E-state index contributed by atoms with van der Waals surface area (Å²) in [6, 6.07) is -0.190. The van der Waals surface area contributed by atoms with Crippen LogP contribution in [0.4, 0.5) is 0 Å². The highest BCUT2D eigenvalue weighted by Gasteiger charge is 2.43. The summed E-state index contributed by atoms with van der Waals surface area (Å²) < 4.78 is 7.75. The van der Waals surface area contributed by atoms with E-state index < -0.39 is 0 Å². The van der Waals surface area contributed by atoms with Crippen molar-refractivity contribution in [2.24, 2.45) is 0 Å². The summed E-state index contributed by atoms with van der Waals surface area (Å²) in [6.07, 6.45) is 3.32. The van der Waals surface area contributed by atoms with Crippen molar-refractivity contribution in [1.82, 2.24) is 25.0 Å². The number of carbonyl (C=O) groups excluding carboxylic acids is 1. The van der Waals surface area contributed by atoms with Crippen molar-refractivity contribution in [2.45, 2.75) is 50.9 Å². The summed E-state index contributed by atoms with van der Waals surface area (Å²) in [4.78, 5) is 14.4. The van der Waals surface area contributed by atoms with Gasteiger partial charge in [-0.15, -0.1) is 10.2 Å². The van der Waals surface area contributed by atoms with Gasteiger partial charge in [-0.3, -0.25) is 9.69 Å². The van der Waals surface area contributed by atoms with E-state index in [0.717, 1.165) is 31.0 Å². The number of ether oxygens (including phenoxy) is 1. The Bertz CT molecular complexity index is 532. The number of methoxy groups -OCH3 is 1. The minimum atomic E-state index is -0.190. The summed E-state index contributed by atoms with van der Waals surface area (Å²) >= 11 is 0. The second kappa shape index (κ2) is 5.38. The van der Waals surface area contributed by atoms with Crippen molar-refractivity contribution in [3.8, 4) is 0 Å². The van der Waals surface area contributed by atoms with Crippen LogP contribution in [0.5, 0.6) is 0 Å². The molecular weight excluding hydrogens is 270 g/mol. The largest absolute Gasteiger partial charge is 0.377 e. The summed E-state index contributed by atoms with van der Waals surface area (Å²) in [5, 5.41) is 11.1. The first-order valence-electron chi connectivity index (χ1n) is 7.48. The molecule has 0 spiro atoms. The molecule has 1 aliphatic heterocycles. The maximum absolute atomic E-state index is 12.3. The van der Waals surface area contributed by atoms with Gasteiger partial charge in [0.2, 0.25) is 5.91 Å². The van der Waals surface area contributed by atoms with E-state index in [1.54, 1.807) is 14.2 Å². The first-order chi connectivity index (χ1) is 10.1. The van der Waals surface area contributed by atoms with E-state index in [4.69, 9.17) is 4.74 Å². The predicted molar refractivity (Wildman–Crippen MR) is 76.6 cm³/mol. The highest BCUT2D eigenvalue weighted by Crippen LogP contribution is 2.37. The van der Waals surface area contributed by atoms with Gasteiger partial charge in [-0.2, -0.15) is 0 Å². The molecule has 21 heavy (non-hydrogen) atoms. The van der Waals surface area contributed by atoms with Crippen molar-refractivity contribution in [1.29, 1.82) is 0 Å². The molecule has 1 amide bonds. The lowest BCUT2D eigenvalue weighted by molar-refractivity contribution is -0.134. The lowest BCUT2D eigenvalue weighted by atomic mass is 9.79. The third-order valence-corrected chi connectivity index (χ3v) is 4.89. The van der Waals surface area contributed by atoms with E-state index >= 15 is 0 Å². The molecule has 7 heteroatoms. The normalized spacial score (nSPS) is 24.2. The Morgan fingerprint density at radius 2 is 2.24 bits per heavy atom. The Hall–Kier alpha value is -1.47. The number of nitrogens with zero attached hydrogens (tertiary/aromatic N) is 4. The number of aromatic nitrogens is 3. The summed E-state index contributed by atoms with van der Waals surface area (Å²) in [6.45, 7) is 3.95. The molecule has 7 nitrogen and oxygen atoms in total. The number of hydrogen-bond donors (Lipinski definition) is 1. The van der Waals surface area contributed by atoms with Crippen molar-refractivity contribution in [3.05, 3.63) is 11.6 Å². The van der Waals surface area contributed by atoms with Gasteiger partial charge in [-0.25, -0.2) is 0 Å². The van der Waals surface area contributed by atoms with E-state index in [9.17, 15) is 4.79 Å². The average Bonchev–Trinajstić information content (AvgIpc) is 2.82. The van der Waals surface area contributed by atoms with E-state index in [1.165, 1.54) is 6.42 Å². The summed E-state index contributed by atoms with van der Waals surface area (Å²) in [7, 11) is 3.45. The van der Waals surface area contributed by atoms with Crippen molar-refractivity contribution in [3.63, 3.8) is 0 Å². The average molecular weight is 293 g/mol. The Balaban J connectivity index is 1.84. The van der Waals surface area contributed by atoms with Crippen LogP contribution in [-0.2, 0) is 22.6 Å². The van der Waals surface area contributed by atoms with E-state index in [2.05, 4.69) is 20.4 Å². The van der Waals surface area contributed by atoms with E-state index in [1.807, 2.05) is 11.5 Å². The zero-order chi connectivity index (χ0) is 15.0. The molecule has 1 saturated carbocycles. The van der Waals surface area contributed by atoms with Crippen LogP contribution in [0.2, 0.25) is 0 Å². The smallest absolute Gasteiger partial charge is 0.238 e. The summed E-state index contributed by atoms with van der Waals surface area (Å²) in [5.41, 5.74) is -0.0937. The van der Waals surface area contributed by atoms with E-state index in [-0.39, 0.29) is 17.6 Å². The Kier molecular flexibility index (Phi) is 3.71. The summed E-state index contributed by atoms with van der Waals surface area (Å²) in [5.74, 6) is 1.83. The van der Waals surface area contributed by atoms with Crippen LogP contribution in [0.3, 0.4) is 0 Å². The number of carbonyl (C=O) groups is 1. The molecule has 1 aromatic heterocycles. The van der Waals surface area contributed by atoms with Gasteiger partial charge in [0.05, 0.1) is 18.7 Å². The molecule has 1 fully saturated rings. The molecular formula is C14H23N5O2. The van der Waals surface area contributed by atoms with Crippen LogP contribution in [0, 0.1) is 6.92 Å². The van der Waals surface area contributed by atoms with Crippen molar-refractivity contribution < 1.29 is 9.53 Å². The van der Waals surface area contributed by atoms with Crippen LogP contribution >= 0.6 is 0 Å². The second-order valence-electron chi connectivity index (χ2n) is 6.05. The number of likely N-dealkylation sites (N-methyl/N-ethyl adjacent to an activating group) is 1. The highest BCUT2D eigenvalue weighted by molar-refractivity contribution is 5.81. The molecule has 0 radical (unpaired) electrons. The van der Waals surface area contributed by atoms with Gasteiger partial charge in [0.25, 0.3) is 0 Å². The minimum Gasteiger partial charge on any atom is -0.377 e. The Morgan fingerprint density at radius 1 is 1.48 bits per heavy atom. The molecule has 0 saturated heterocycles. The van der Waals surface area contributed by atoms with Crippen molar-refractivity contribution >= 4 is 5.91 Å². The standard InChI is InChI=1S/C14H23N5O2/c1-10-16-17-12-8-18(9-14(21-3)5-4-6-14)11(7-19(10)12)13(20)15-2/h11H,4-9H2,1-3H3,(H,15,20). The topological polar surface area (TPSA) is 72.3 Å². The maximum atomic E-state index is 12.3. The lowest BCUT2D eigenvalue weighted by Crippen LogP contribution is -2.58.